The molecule has 0 aliphatic heterocycles. The summed E-state index contributed by atoms with van der Waals surface area (Å²) in [6.45, 7) is 3.65. The highest BCUT2D eigenvalue weighted by molar-refractivity contribution is 7.89. The standard InChI is InChI=1S/C24H21ClFN3O3S/c1-15-8-11-22(16(2)12-15)29-23(27-21-7-5-4-6-18(21)24(29)30)14-28(3)33(31,32)17-9-10-20(26)19(25)13-17/h4-13H,14H2,1-3H3. The van der Waals surface area contributed by atoms with Crippen LogP contribution in [-0.4, -0.2) is 29.3 Å². The van der Waals surface area contributed by atoms with Gasteiger partial charge in [-0.3, -0.25) is 9.36 Å². The summed E-state index contributed by atoms with van der Waals surface area (Å²) in [7, 11) is -2.66. The Morgan fingerprint density at radius 3 is 2.48 bits per heavy atom. The van der Waals surface area contributed by atoms with Crippen LogP contribution in [0.2, 0.25) is 5.02 Å². The molecule has 4 aromatic rings. The number of aromatic nitrogens is 2. The van der Waals surface area contributed by atoms with Gasteiger partial charge in [0.25, 0.3) is 5.56 Å². The number of nitrogens with zero attached hydrogens (tertiary/aromatic N) is 3. The zero-order chi connectivity index (χ0) is 23.9. The van der Waals surface area contributed by atoms with E-state index >= 15 is 0 Å². The lowest BCUT2D eigenvalue weighted by atomic mass is 10.1. The number of para-hydroxylation sites is 1. The van der Waals surface area contributed by atoms with Crippen LogP contribution in [0.4, 0.5) is 4.39 Å². The second kappa shape index (κ2) is 8.70. The van der Waals surface area contributed by atoms with Crippen LogP contribution in [-0.2, 0) is 16.6 Å². The van der Waals surface area contributed by atoms with Gasteiger partial charge in [0.1, 0.15) is 11.6 Å². The predicted octanol–water partition coefficient (Wildman–Crippen LogP) is 4.62. The first-order chi connectivity index (χ1) is 15.6. The monoisotopic (exact) mass is 485 g/mol. The van der Waals surface area contributed by atoms with Crippen LogP contribution in [0.3, 0.4) is 0 Å². The fraction of sp³-hybridized carbons (Fsp3) is 0.167. The summed E-state index contributed by atoms with van der Waals surface area (Å²) in [6, 6.07) is 15.8. The Labute approximate surface area is 195 Å². The zero-order valence-electron chi connectivity index (χ0n) is 18.2. The van der Waals surface area contributed by atoms with E-state index in [0.717, 1.165) is 33.6 Å². The van der Waals surface area contributed by atoms with Crippen molar-refractivity contribution in [2.75, 3.05) is 7.05 Å². The highest BCUT2D eigenvalue weighted by Gasteiger charge is 2.25. The van der Waals surface area contributed by atoms with Gasteiger partial charge in [-0.25, -0.2) is 17.8 Å². The van der Waals surface area contributed by atoms with Crippen molar-refractivity contribution in [2.24, 2.45) is 0 Å². The lowest BCUT2D eigenvalue weighted by molar-refractivity contribution is 0.452. The molecule has 0 saturated heterocycles. The maximum Gasteiger partial charge on any atom is 0.266 e. The minimum Gasteiger partial charge on any atom is -0.268 e. The van der Waals surface area contributed by atoms with Gasteiger partial charge in [0.05, 0.1) is 33.1 Å². The molecule has 0 fully saturated rings. The number of rotatable bonds is 5. The molecule has 0 unspecified atom stereocenters. The molecule has 0 amide bonds. The molecule has 4 rings (SSSR count). The smallest absolute Gasteiger partial charge is 0.266 e. The van der Waals surface area contributed by atoms with Crippen LogP contribution in [0.5, 0.6) is 0 Å². The van der Waals surface area contributed by atoms with Crippen molar-refractivity contribution in [2.45, 2.75) is 25.3 Å². The predicted molar refractivity (Wildman–Crippen MR) is 127 cm³/mol. The lowest BCUT2D eigenvalue weighted by Gasteiger charge is -2.21. The van der Waals surface area contributed by atoms with Crippen LogP contribution >= 0.6 is 11.6 Å². The average molecular weight is 486 g/mol. The second-order valence-electron chi connectivity index (χ2n) is 7.81. The summed E-state index contributed by atoms with van der Waals surface area (Å²) < 4.78 is 42.3. The number of benzene rings is 3. The van der Waals surface area contributed by atoms with Crippen LogP contribution in [0.25, 0.3) is 16.6 Å². The molecule has 0 aliphatic carbocycles. The molecular formula is C24H21ClFN3O3S. The van der Waals surface area contributed by atoms with E-state index in [1.165, 1.54) is 11.6 Å². The van der Waals surface area contributed by atoms with Gasteiger partial charge in [-0.2, -0.15) is 4.31 Å². The summed E-state index contributed by atoms with van der Waals surface area (Å²) in [5, 5.41) is 0.137. The van der Waals surface area contributed by atoms with E-state index in [0.29, 0.717) is 16.6 Å². The summed E-state index contributed by atoms with van der Waals surface area (Å²) in [4.78, 5) is 17.9. The highest BCUT2D eigenvalue weighted by atomic mass is 35.5. The molecule has 6 nitrogen and oxygen atoms in total. The fourth-order valence-corrected chi connectivity index (χ4v) is 5.09. The summed E-state index contributed by atoms with van der Waals surface area (Å²) in [6.07, 6.45) is 0. The quantitative estimate of drug-likeness (QED) is 0.413. The average Bonchev–Trinajstić information content (AvgIpc) is 2.76. The van der Waals surface area contributed by atoms with E-state index in [2.05, 4.69) is 4.98 Å². The van der Waals surface area contributed by atoms with Crippen LogP contribution in [0, 0.1) is 19.7 Å². The van der Waals surface area contributed by atoms with Crippen molar-refractivity contribution in [3.63, 3.8) is 0 Å². The lowest BCUT2D eigenvalue weighted by Crippen LogP contribution is -2.32. The van der Waals surface area contributed by atoms with E-state index in [-0.39, 0.29) is 27.8 Å². The van der Waals surface area contributed by atoms with Gasteiger partial charge < -0.3 is 0 Å². The Kier molecular flexibility index (Phi) is 6.09. The van der Waals surface area contributed by atoms with Gasteiger partial charge in [-0.05, 0) is 55.8 Å². The number of halogens is 2. The van der Waals surface area contributed by atoms with Crippen molar-refractivity contribution in [1.82, 2.24) is 13.9 Å². The third kappa shape index (κ3) is 4.29. The van der Waals surface area contributed by atoms with Gasteiger partial charge in [0, 0.05) is 7.05 Å². The Morgan fingerprint density at radius 2 is 1.79 bits per heavy atom. The molecule has 0 N–H and O–H groups in total. The summed E-state index contributed by atoms with van der Waals surface area (Å²) >= 11 is 5.79. The maximum absolute atomic E-state index is 13.5. The first kappa shape index (κ1) is 23.1. The van der Waals surface area contributed by atoms with Crippen molar-refractivity contribution in [3.8, 4) is 5.69 Å². The SMILES string of the molecule is Cc1ccc(-n2c(CN(C)S(=O)(=O)c3ccc(F)c(Cl)c3)nc3ccccc3c2=O)c(C)c1. The second-order valence-corrected chi connectivity index (χ2v) is 10.3. The molecule has 3 aromatic carbocycles. The first-order valence-electron chi connectivity index (χ1n) is 10.1. The third-order valence-electron chi connectivity index (χ3n) is 5.40. The molecule has 0 saturated carbocycles. The number of aryl methyl sites for hydroxylation is 2. The van der Waals surface area contributed by atoms with E-state index in [4.69, 9.17) is 11.6 Å². The highest BCUT2D eigenvalue weighted by Crippen LogP contribution is 2.24. The van der Waals surface area contributed by atoms with E-state index in [9.17, 15) is 17.6 Å². The number of sulfonamides is 1. The van der Waals surface area contributed by atoms with E-state index < -0.39 is 15.8 Å². The molecule has 1 heterocycles. The molecule has 1 aromatic heterocycles. The largest absolute Gasteiger partial charge is 0.268 e. The van der Waals surface area contributed by atoms with E-state index in [1.807, 2.05) is 32.0 Å². The molecule has 170 valence electrons. The third-order valence-corrected chi connectivity index (χ3v) is 7.49. The van der Waals surface area contributed by atoms with E-state index in [1.54, 1.807) is 24.3 Å². The van der Waals surface area contributed by atoms with Crippen LogP contribution < -0.4 is 5.56 Å². The normalized spacial score (nSPS) is 11.9. The van der Waals surface area contributed by atoms with Crippen molar-refractivity contribution >= 4 is 32.5 Å². The van der Waals surface area contributed by atoms with Crippen LogP contribution in [0.15, 0.2) is 70.4 Å². The Bertz CT molecular complexity index is 1550. The van der Waals surface area contributed by atoms with Crippen molar-refractivity contribution in [1.29, 1.82) is 0 Å². The Hall–Kier alpha value is -3.07. The molecule has 9 heteroatoms. The molecular weight excluding hydrogens is 465 g/mol. The molecule has 0 atom stereocenters. The minimum absolute atomic E-state index is 0.155. The minimum atomic E-state index is -4.03. The van der Waals surface area contributed by atoms with Crippen molar-refractivity contribution < 1.29 is 12.8 Å². The fourth-order valence-electron chi connectivity index (χ4n) is 3.69. The topological polar surface area (TPSA) is 72.3 Å². The van der Waals surface area contributed by atoms with Gasteiger partial charge in [0.2, 0.25) is 10.0 Å². The zero-order valence-corrected chi connectivity index (χ0v) is 19.8. The maximum atomic E-state index is 13.5. The molecule has 0 radical (unpaired) electrons. The van der Waals surface area contributed by atoms with Crippen LogP contribution in [0.1, 0.15) is 17.0 Å². The molecule has 0 aliphatic rings. The number of fused-ring (bicyclic) bond motifs is 1. The van der Waals surface area contributed by atoms with Crippen molar-refractivity contribution in [3.05, 3.63) is 98.8 Å². The van der Waals surface area contributed by atoms with Gasteiger partial charge in [-0.1, -0.05) is 41.4 Å². The molecule has 0 bridgehead atoms. The number of hydrogen-bond donors (Lipinski definition) is 0. The number of hydrogen-bond acceptors (Lipinski definition) is 4. The molecule has 0 spiro atoms. The summed E-state index contributed by atoms with van der Waals surface area (Å²) in [5.41, 5.74) is 2.68. The Morgan fingerprint density at radius 1 is 1.06 bits per heavy atom. The Balaban J connectivity index is 1.88. The summed E-state index contributed by atoms with van der Waals surface area (Å²) in [5.74, 6) is -0.455. The van der Waals surface area contributed by atoms with Gasteiger partial charge >= 0.3 is 0 Å². The van der Waals surface area contributed by atoms with Gasteiger partial charge in [0.15, 0.2) is 0 Å². The first-order valence-corrected chi connectivity index (χ1v) is 11.9. The molecule has 33 heavy (non-hydrogen) atoms. The van der Waals surface area contributed by atoms with Gasteiger partial charge in [-0.15, -0.1) is 0 Å².